The van der Waals surface area contributed by atoms with Crippen LogP contribution in [-0.2, 0) is 4.79 Å². The lowest BCUT2D eigenvalue weighted by Crippen LogP contribution is -2.34. The monoisotopic (exact) mass is 304 g/mol. The fourth-order valence-corrected chi connectivity index (χ4v) is 2.95. The van der Waals surface area contributed by atoms with Gasteiger partial charge in [-0.3, -0.25) is 4.79 Å². The van der Waals surface area contributed by atoms with Crippen LogP contribution in [0, 0.1) is 11.8 Å². The molecule has 0 aromatic heterocycles. The first kappa shape index (κ1) is 16.8. The molecule has 1 aliphatic heterocycles. The van der Waals surface area contributed by atoms with Gasteiger partial charge >= 0.3 is 0 Å². The van der Waals surface area contributed by atoms with Crippen molar-refractivity contribution in [2.45, 2.75) is 46.1 Å². The summed E-state index contributed by atoms with van der Waals surface area (Å²) < 4.78 is 5.74. The molecular formula is C18H28N2O2. The number of carbonyl (C=O) groups is 1. The van der Waals surface area contributed by atoms with Gasteiger partial charge in [0.15, 0.2) is 0 Å². The molecule has 2 unspecified atom stereocenters. The van der Waals surface area contributed by atoms with Crippen LogP contribution >= 0.6 is 0 Å². The summed E-state index contributed by atoms with van der Waals surface area (Å²) in [5.74, 6) is 1.79. The first-order valence-electron chi connectivity index (χ1n) is 8.32. The van der Waals surface area contributed by atoms with Gasteiger partial charge in [-0.15, -0.1) is 0 Å². The average Bonchev–Trinajstić information content (AvgIpc) is 2.49. The predicted octanol–water partition coefficient (Wildman–Crippen LogP) is 3.44. The molecule has 1 aromatic rings. The second kappa shape index (κ2) is 8.18. The summed E-state index contributed by atoms with van der Waals surface area (Å²) in [6.45, 7) is 8.28. The third-order valence-corrected chi connectivity index (χ3v) is 4.17. The number of hydrogen-bond donors (Lipinski definition) is 2. The van der Waals surface area contributed by atoms with E-state index in [1.807, 2.05) is 38.1 Å². The number of benzene rings is 1. The van der Waals surface area contributed by atoms with E-state index in [-0.39, 0.29) is 12.0 Å². The van der Waals surface area contributed by atoms with E-state index in [0.29, 0.717) is 18.3 Å². The van der Waals surface area contributed by atoms with Gasteiger partial charge in [-0.2, -0.15) is 0 Å². The van der Waals surface area contributed by atoms with E-state index in [2.05, 4.69) is 17.6 Å². The van der Waals surface area contributed by atoms with Crippen molar-refractivity contribution in [2.75, 3.05) is 18.4 Å². The average molecular weight is 304 g/mol. The number of hydrogen-bond acceptors (Lipinski definition) is 3. The quantitative estimate of drug-likeness (QED) is 0.846. The van der Waals surface area contributed by atoms with Crippen molar-refractivity contribution in [1.82, 2.24) is 5.32 Å². The third kappa shape index (κ3) is 5.02. The highest BCUT2D eigenvalue weighted by Gasteiger charge is 2.22. The van der Waals surface area contributed by atoms with Gasteiger partial charge in [-0.1, -0.05) is 19.1 Å². The second-order valence-electron chi connectivity index (χ2n) is 6.50. The Bertz CT molecular complexity index is 482. The van der Waals surface area contributed by atoms with Crippen molar-refractivity contribution in [3.05, 3.63) is 24.3 Å². The zero-order chi connectivity index (χ0) is 15.9. The second-order valence-corrected chi connectivity index (χ2v) is 6.50. The summed E-state index contributed by atoms with van der Waals surface area (Å²) in [5, 5.41) is 6.42. The van der Waals surface area contributed by atoms with Crippen LogP contribution in [0.5, 0.6) is 5.75 Å². The zero-order valence-corrected chi connectivity index (χ0v) is 13.9. The summed E-state index contributed by atoms with van der Waals surface area (Å²) >= 11 is 0. The standard InChI is InChI=1S/C18H28N2O2/c1-13(2)22-17-9-5-4-8-16(17)20-18(21)11-14(3)15-7-6-10-19-12-15/h4-5,8-9,13-15,19H,6-7,10-12H2,1-3H3,(H,20,21). The Morgan fingerprint density at radius 2 is 2.14 bits per heavy atom. The maximum absolute atomic E-state index is 12.3. The van der Waals surface area contributed by atoms with E-state index >= 15 is 0 Å². The minimum absolute atomic E-state index is 0.0675. The topological polar surface area (TPSA) is 50.4 Å². The lowest BCUT2D eigenvalue weighted by molar-refractivity contribution is -0.117. The molecule has 2 rings (SSSR count). The molecule has 0 radical (unpaired) electrons. The van der Waals surface area contributed by atoms with Gasteiger partial charge in [0.25, 0.3) is 0 Å². The molecule has 1 saturated heterocycles. The van der Waals surface area contributed by atoms with E-state index in [1.165, 1.54) is 12.8 Å². The molecule has 1 amide bonds. The van der Waals surface area contributed by atoms with Crippen LogP contribution in [0.2, 0.25) is 0 Å². The number of amides is 1. The molecule has 4 heteroatoms. The molecule has 22 heavy (non-hydrogen) atoms. The van der Waals surface area contributed by atoms with Crippen molar-refractivity contribution in [2.24, 2.45) is 11.8 Å². The Kier molecular flexibility index (Phi) is 6.25. The van der Waals surface area contributed by atoms with Gasteiger partial charge in [-0.25, -0.2) is 0 Å². The van der Waals surface area contributed by atoms with Crippen LogP contribution < -0.4 is 15.4 Å². The summed E-state index contributed by atoms with van der Waals surface area (Å²) in [5.41, 5.74) is 0.759. The van der Waals surface area contributed by atoms with Gasteiger partial charge < -0.3 is 15.4 Å². The summed E-state index contributed by atoms with van der Waals surface area (Å²) in [4.78, 5) is 12.3. The maximum atomic E-state index is 12.3. The molecule has 1 aromatic carbocycles. The van der Waals surface area contributed by atoms with E-state index in [0.717, 1.165) is 24.5 Å². The van der Waals surface area contributed by atoms with Crippen LogP contribution in [0.1, 0.15) is 40.0 Å². The van der Waals surface area contributed by atoms with Crippen LogP contribution in [0.15, 0.2) is 24.3 Å². The number of carbonyl (C=O) groups excluding carboxylic acids is 1. The molecule has 122 valence electrons. The Morgan fingerprint density at radius 1 is 1.36 bits per heavy atom. The van der Waals surface area contributed by atoms with Crippen molar-refractivity contribution in [3.63, 3.8) is 0 Å². The normalized spacial score (nSPS) is 19.7. The van der Waals surface area contributed by atoms with E-state index in [4.69, 9.17) is 4.74 Å². The number of piperidine rings is 1. The molecular weight excluding hydrogens is 276 g/mol. The van der Waals surface area contributed by atoms with Gasteiger partial charge in [0, 0.05) is 6.42 Å². The van der Waals surface area contributed by atoms with E-state index < -0.39 is 0 Å². The van der Waals surface area contributed by atoms with Crippen molar-refractivity contribution < 1.29 is 9.53 Å². The Hall–Kier alpha value is -1.55. The minimum atomic E-state index is 0.0675. The third-order valence-electron chi connectivity index (χ3n) is 4.17. The molecule has 0 saturated carbocycles. The van der Waals surface area contributed by atoms with Crippen LogP contribution in [-0.4, -0.2) is 25.1 Å². The zero-order valence-electron chi connectivity index (χ0n) is 13.9. The van der Waals surface area contributed by atoms with Gasteiger partial charge in [0.1, 0.15) is 5.75 Å². The Balaban J connectivity index is 1.91. The molecule has 1 aliphatic rings. The molecule has 1 fully saturated rings. The predicted molar refractivity (Wildman–Crippen MR) is 90.2 cm³/mol. The first-order chi connectivity index (χ1) is 10.6. The smallest absolute Gasteiger partial charge is 0.224 e. The molecule has 1 heterocycles. The lowest BCUT2D eigenvalue weighted by Gasteiger charge is -2.28. The first-order valence-corrected chi connectivity index (χ1v) is 8.32. The highest BCUT2D eigenvalue weighted by atomic mass is 16.5. The highest BCUT2D eigenvalue weighted by Crippen LogP contribution is 2.27. The van der Waals surface area contributed by atoms with Crippen LogP contribution in [0.3, 0.4) is 0 Å². The SMILES string of the molecule is CC(C)Oc1ccccc1NC(=O)CC(C)C1CCCNC1. The highest BCUT2D eigenvalue weighted by molar-refractivity contribution is 5.92. The van der Waals surface area contributed by atoms with Gasteiger partial charge in [0.2, 0.25) is 5.91 Å². The van der Waals surface area contributed by atoms with Gasteiger partial charge in [-0.05, 0) is 63.7 Å². The Labute approximate surface area is 133 Å². The van der Waals surface area contributed by atoms with E-state index in [1.54, 1.807) is 0 Å². The number of nitrogens with one attached hydrogen (secondary N) is 2. The van der Waals surface area contributed by atoms with Crippen molar-refractivity contribution in [1.29, 1.82) is 0 Å². The van der Waals surface area contributed by atoms with Crippen LogP contribution in [0.25, 0.3) is 0 Å². The number of ether oxygens (including phenoxy) is 1. The van der Waals surface area contributed by atoms with Gasteiger partial charge in [0.05, 0.1) is 11.8 Å². The lowest BCUT2D eigenvalue weighted by atomic mass is 9.85. The molecule has 0 spiro atoms. The fourth-order valence-electron chi connectivity index (χ4n) is 2.95. The summed E-state index contributed by atoms with van der Waals surface area (Å²) in [7, 11) is 0. The number of rotatable bonds is 6. The minimum Gasteiger partial charge on any atom is -0.489 e. The molecule has 2 atom stereocenters. The maximum Gasteiger partial charge on any atom is 0.224 e. The Morgan fingerprint density at radius 3 is 2.82 bits per heavy atom. The summed E-state index contributed by atoms with van der Waals surface area (Å²) in [6, 6.07) is 7.62. The molecule has 2 N–H and O–H groups in total. The van der Waals surface area contributed by atoms with Crippen LogP contribution in [0.4, 0.5) is 5.69 Å². The van der Waals surface area contributed by atoms with Crippen molar-refractivity contribution in [3.8, 4) is 5.75 Å². The van der Waals surface area contributed by atoms with Crippen molar-refractivity contribution >= 4 is 11.6 Å². The number of para-hydroxylation sites is 2. The molecule has 4 nitrogen and oxygen atoms in total. The van der Waals surface area contributed by atoms with E-state index in [9.17, 15) is 4.79 Å². The molecule has 0 aliphatic carbocycles. The number of anilines is 1. The fraction of sp³-hybridized carbons (Fsp3) is 0.611. The summed E-state index contributed by atoms with van der Waals surface area (Å²) in [6.07, 6.45) is 3.07. The molecule has 0 bridgehead atoms. The largest absolute Gasteiger partial charge is 0.489 e.